The summed E-state index contributed by atoms with van der Waals surface area (Å²) < 4.78 is 18.1. The van der Waals surface area contributed by atoms with Gasteiger partial charge in [0.05, 0.1) is 7.11 Å². The first-order valence-corrected chi connectivity index (χ1v) is 5.80. The number of methoxy groups -OCH3 is 1. The van der Waals surface area contributed by atoms with E-state index < -0.39 is 5.97 Å². The van der Waals surface area contributed by atoms with E-state index in [2.05, 4.69) is 9.72 Å². The topological polar surface area (TPSA) is 39.2 Å². The molecule has 88 valence electrons. The maximum atomic E-state index is 13.6. The van der Waals surface area contributed by atoms with E-state index in [1.165, 1.54) is 24.5 Å². The molecule has 0 saturated carbocycles. The monoisotopic (exact) mass is 251 g/mol. The number of hydrogen-bond donors (Lipinski definition) is 0. The van der Waals surface area contributed by atoms with E-state index in [0.29, 0.717) is 10.6 Å². The van der Waals surface area contributed by atoms with Crippen LogP contribution in [-0.4, -0.2) is 18.1 Å². The van der Waals surface area contributed by atoms with Crippen LogP contribution in [0.1, 0.15) is 16.1 Å². The van der Waals surface area contributed by atoms with Crippen molar-refractivity contribution in [1.29, 1.82) is 0 Å². The second-order valence-electron chi connectivity index (χ2n) is 3.51. The van der Waals surface area contributed by atoms with Crippen molar-refractivity contribution in [3.8, 4) is 10.6 Å². The van der Waals surface area contributed by atoms with Crippen LogP contribution in [0.2, 0.25) is 0 Å². The van der Waals surface area contributed by atoms with E-state index in [1.807, 2.05) is 6.92 Å². The number of aryl methyl sites for hydroxylation is 1. The molecule has 1 aromatic carbocycles. The summed E-state index contributed by atoms with van der Waals surface area (Å²) in [4.78, 5) is 15.3. The summed E-state index contributed by atoms with van der Waals surface area (Å²) in [6, 6.07) is 4.78. The third-order valence-electron chi connectivity index (χ3n) is 2.25. The van der Waals surface area contributed by atoms with E-state index in [0.717, 1.165) is 5.56 Å². The van der Waals surface area contributed by atoms with Gasteiger partial charge in [-0.2, -0.15) is 0 Å². The number of thiazole rings is 1. The molecule has 3 nitrogen and oxygen atoms in total. The van der Waals surface area contributed by atoms with Crippen LogP contribution in [0.3, 0.4) is 0 Å². The lowest BCUT2D eigenvalue weighted by atomic mass is 10.1. The maximum Gasteiger partial charge on any atom is 0.357 e. The molecule has 0 fully saturated rings. The van der Waals surface area contributed by atoms with Crippen molar-refractivity contribution in [2.75, 3.05) is 7.11 Å². The van der Waals surface area contributed by atoms with Gasteiger partial charge in [-0.15, -0.1) is 11.3 Å². The highest BCUT2D eigenvalue weighted by atomic mass is 32.1. The van der Waals surface area contributed by atoms with Crippen molar-refractivity contribution in [2.24, 2.45) is 0 Å². The Balaban J connectivity index is 2.43. The highest BCUT2D eigenvalue weighted by molar-refractivity contribution is 7.13. The third kappa shape index (κ3) is 2.34. The number of carbonyl (C=O) groups excluding carboxylic acids is 1. The van der Waals surface area contributed by atoms with Crippen molar-refractivity contribution < 1.29 is 13.9 Å². The average molecular weight is 251 g/mol. The molecular weight excluding hydrogens is 241 g/mol. The van der Waals surface area contributed by atoms with Crippen LogP contribution in [-0.2, 0) is 4.74 Å². The lowest BCUT2D eigenvalue weighted by Crippen LogP contribution is -2.01. The smallest absolute Gasteiger partial charge is 0.357 e. The van der Waals surface area contributed by atoms with Gasteiger partial charge in [0, 0.05) is 10.9 Å². The first-order chi connectivity index (χ1) is 8.11. The minimum Gasteiger partial charge on any atom is -0.464 e. The normalized spacial score (nSPS) is 10.3. The number of aromatic nitrogens is 1. The number of ether oxygens (including phenoxy) is 1. The Hall–Kier alpha value is -1.75. The van der Waals surface area contributed by atoms with Crippen LogP contribution < -0.4 is 0 Å². The van der Waals surface area contributed by atoms with Crippen molar-refractivity contribution >= 4 is 17.3 Å². The van der Waals surface area contributed by atoms with E-state index in [1.54, 1.807) is 17.5 Å². The van der Waals surface area contributed by atoms with Crippen molar-refractivity contribution in [1.82, 2.24) is 4.98 Å². The maximum absolute atomic E-state index is 13.6. The fourth-order valence-electron chi connectivity index (χ4n) is 1.40. The number of nitrogens with zero attached hydrogens (tertiary/aromatic N) is 1. The second kappa shape index (κ2) is 4.63. The molecule has 5 heteroatoms. The molecular formula is C12H10FNO2S. The van der Waals surface area contributed by atoms with Gasteiger partial charge in [-0.1, -0.05) is 11.6 Å². The summed E-state index contributed by atoms with van der Waals surface area (Å²) in [7, 11) is 1.29. The Labute approximate surface area is 102 Å². The molecule has 0 amide bonds. The van der Waals surface area contributed by atoms with Crippen molar-refractivity contribution in [2.45, 2.75) is 6.92 Å². The minimum atomic E-state index is -0.513. The summed E-state index contributed by atoms with van der Waals surface area (Å²) in [6.45, 7) is 1.87. The summed E-state index contributed by atoms with van der Waals surface area (Å²) in [6.07, 6.45) is 0. The van der Waals surface area contributed by atoms with Crippen LogP contribution >= 0.6 is 11.3 Å². The predicted octanol–water partition coefficient (Wildman–Crippen LogP) is 3.04. The van der Waals surface area contributed by atoms with Crippen LogP contribution in [0.5, 0.6) is 0 Å². The fourth-order valence-corrected chi connectivity index (χ4v) is 2.21. The standard InChI is InChI=1S/C12H10FNO2S/c1-7-3-4-9(13)8(5-7)11-14-10(6-17-11)12(15)16-2/h3-6H,1-2H3. The molecule has 0 saturated heterocycles. The first kappa shape index (κ1) is 11.7. The molecule has 0 N–H and O–H groups in total. The van der Waals surface area contributed by atoms with Gasteiger partial charge in [-0.3, -0.25) is 0 Å². The molecule has 2 rings (SSSR count). The molecule has 2 aromatic rings. The molecule has 0 spiro atoms. The molecule has 1 heterocycles. The summed E-state index contributed by atoms with van der Waals surface area (Å²) in [5, 5.41) is 2.04. The molecule has 0 radical (unpaired) electrons. The number of carbonyl (C=O) groups is 1. The Bertz CT molecular complexity index is 565. The molecule has 0 aliphatic heterocycles. The summed E-state index contributed by atoms with van der Waals surface area (Å²) in [5.74, 6) is -0.859. The third-order valence-corrected chi connectivity index (χ3v) is 3.13. The van der Waals surface area contributed by atoms with Crippen LogP contribution in [0.25, 0.3) is 10.6 Å². The van der Waals surface area contributed by atoms with Gasteiger partial charge in [-0.25, -0.2) is 14.2 Å². The molecule has 1 aromatic heterocycles. The SMILES string of the molecule is COC(=O)c1csc(-c2cc(C)ccc2F)n1. The summed E-state index contributed by atoms with van der Waals surface area (Å²) >= 11 is 1.22. The lowest BCUT2D eigenvalue weighted by molar-refractivity contribution is 0.0595. The first-order valence-electron chi connectivity index (χ1n) is 4.92. The zero-order valence-electron chi connectivity index (χ0n) is 9.36. The number of halogens is 1. The highest BCUT2D eigenvalue weighted by Crippen LogP contribution is 2.27. The van der Waals surface area contributed by atoms with Crippen LogP contribution in [0.4, 0.5) is 4.39 Å². The molecule has 0 aliphatic rings. The van der Waals surface area contributed by atoms with Crippen LogP contribution in [0.15, 0.2) is 23.6 Å². The second-order valence-corrected chi connectivity index (χ2v) is 4.37. The van der Waals surface area contributed by atoms with E-state index >= 15 is 0 Å². The van der Waals surface area contributed by atoms with Gasteiger partial charge < -0.3 is 4.74 Å². The van der Waals surface area contributed by atoms with E-state index in [9.17, 15) is 9.18 Å². The van der Waals surface area contributed by atoms with Gasteiger partial charge in [0.2, 0.25) is 0 Å². The number of benzene rings is 1. The largest absolute Gasteiger partial charge is 0.464 e. The van der Waals surface area contributed by atoms with Gasteiger partial charge in [-0.05, 0) is 19.1 Å². The van der Waals surface area contributed by atoms with Crippen LogP contribution in [0, 0.1) is 12.7 Å². The Morgan fingerprint density at radius 3 is 2.94 bits per heavy atom. The summed E-state index contributed by atoms with van der Waals surface area (Å²) in [5.41, 5.74) is 1.55. The number of esters is 1. The number of rotatable bonds is 2. The molecule has 17 heavy (non-hydrogen) atoms. The zero-order valence-corrected chi connectivity index (χ0v) is 10.2. The van der Waals surface area contributed by atoms with Gasteiger partial charge >= 0.3 is 5.97 Å². The molecule has 0 unspecified atom stereocenters. The van der Waals surface area contributed by atoms with Crippen molar-refractivity contribution in [3.63, 3.8) is 0 Å². The minimum absolute atomic E-state index is 0.202. The highest BCUT2D eigenvalue weighted by Gasteiger charge is 2.14. The Kier molecular flexibility index (Phi) is 3.19. The molecule has 0 bridgehead atoms. The predicted molar refractivity (Wildman–Crippen MR) is 63.6 cm³/mol. The molecule has 0 atom stereocenters. The van der Waals surface area contributed by atoms with Crippen molar-refractivity contribution in [3.05, 3.63) is 40.7 Å². The molecule has 0 aliphatic carbocycles. The lowest BCUT2D eigenvalue weighted by Gasteiger charge is -2.00. The van der Waals surface area contributed by atoms with Gasteiger partial charge in [0.1, 0.15) is 10.8 Å². The van der Waals surface area contributed by atoms with Gasteiger partial charge in [0.25, 0.3) is 0 Å². The average Bonchev–Trinajstić information content (AvgIpc) is 2.80. The quantitative estimate of drug-likeness (QED) is 0.770. The Morgan fingerprint density at radius 1 is 1.47 bits per heavy atom. The Morgan fingerprint density at radius 2 is 2.24 bits per heavy atom. The van der Waals surface area contributed by atoms with E-state index in [-0.39, 0.29) is 11.5 Å². The fraction of sp³-hybridized carbons (Fsp3) is 0.167. The number of hydrogen-bond acceptors (Lipinski definition) is 4. The van der Waals surface area contributed by atoms with Gasteiger partial charge in [0.15, 0.2) is 5.69 Å². The van der Waals surface area contributed by atoms with E-state index in [4.69, 9.17) is 0 Å². The zero-order chi connectivity index (χ0) is 12.4.